The van der Waals surface area contributed by atoms with E-state index in [1.807, 2.05) is 31.3 Å². The number of halogens is 1. The molecule has 1 aliphatic rings. The van der Waals surface area contributed by atoms with Gasteiger partial charge in [-0.05, 0) is 50.7 Å². The number of rotatable bonds is 4. The van der Waals surface area contributed by atoms with Crippen LogP contribution < -0.4 is 4.74 Å². The molecule has 1 heterocycles. The quantitative estimate of drug-likeness (QED) is 0.849. The van der Waals surface area contributed by atoms with Crippen LogP contribution in [0.1, 0.15) is 25.3 Å². The number of sulfone groups is 1. The first kappa shape index (κ1) is 18.3. The predicted molar refractivity (Wildman–Crippen MR) is 88.1 cm³/mol. The molecule has 1 saturated heterocycles. The predicted octanol–water partition coefficient (Wildman–Crippen LogP) is 2.47. The van der Waals surface area contributed by atoms with E-state index >= 15 is 0 Å². The molecule has 2 rings (SSSR count). The van der Waals surface area contributed by atoms with E-state index in [1.54, 1.807) is 14.0 Å². The van der Waals surface area contributed by atoms with Crippen molar-refractivity contribution in [2.45, 2.75) is 24.5 Å². The molecule has 4 nitrogen and oxygen atoms in total. The molecular formula is C15H24ClNO3S. The third-order valence-electron chi connectivity index (χ3n) is 4.37. The topological polar surface area (TPSA) is 46.6 Å². The Labute approximate surface area is 133 Å². The molecule has 0 aliphatic carbocycles. The Morgan fingerprint density at radius 3 is 2.43 bits per heavy atom. The van der Waals surface area contributed by atoms with Gasteiger partial charge in [-0.25, -0.2) is 8.42 Å². The summed E-state index contributed by atoms with van der Waals surface area (Å²) in [5.41, 5.74) is 0.867. The molecule has 0 spiro atoms. The van der Waals surface area contributed by atoms with Crippen LogP contribution in [0, 0.1) is 0 Å². The maximum absolute atomic E-state index is 12.7. The molecule has 120 valence electrons. The average molecular weight is 334 g/mol. The number of methoxy groups -OCH3 is 1. The first-order valence-corrected chi connectivity index (χ1v) is 8.66. The normalized spacial score (nSPS) is 18.8. The van der Waals surface area contributed by atoms with Crippen molar-refractivity contribution in [3.05, 3.63) is 29.8 Å². The van der Waals surface area contributed by atoms with E-state index in [2.05, 4.69) is 4.90 Å². The lowest BCUT2D eigenvalue weighted by Crippen LogP contribution is -2.46. The Hall–Kier alpha value is -0.780. The van der Waals surface area contributed by atoms with Crippen molar-refractivity contribution in [3.8, 4) is 5.75 Å². The first-order chi connectivity index (χ1) is 9.45. The van der Waals surface area contributed by atoms with Gasteiger partial charge >= 0.3 is 0 Å². The Morgan fingerprint density at radius 1 is 1.29 bits per heavy atom. The molecule has 6 heteroatoms. The van der Waals surface area contributed by atoms with E-state index in [1.165, 1.54) is 0 Å². The van der Waals surface area contributed by atoms with Crippen molar-refractivity contribution in [3.63, 3.8) is 0 Å². The Morgan fingerprint density at radius 2 is 1.90 bits per heavy atom. The fourth-order valence-corrected chi connectivity index (χ4v) is 4.78. The zero-order chi connectivity index (χ0) is 14.8. The summed E-state index contributed by atoms with van der Waals surface area (Å²) in [6, 6.07) is 7.52. The van der Waals surface area contributed by atoms with Crippen LogP contribution in [-0.2, 0) is 14.6 Å². The van der Waals surface area contributed by atoms with Crippen LogP contribution >= 0.6 is 12.4 Å². The SMILES string of the molecule is CCS(=O)(=O)C1(c2cccc(OC)c2)CCN(C)CC1.Cl. The number of hydrogen-bond donors (Lipinski definition) is 0. The molecule has 21 heavy (non-hydrogen) atoms. The maximum atomic E-state index is 12.7. The van der Waals surface area contributed by atoms with Crippen LogP contribution in [0.5, 0.6) is 5.75 Å². The summed E-state index contributed by atoms with van der Waals surface area (Å²) in [4.78, 5) is 2.18. The zero-order valence-corrected chi connectivity index (χ0v) is 14.5. The van der Waals surface area contributed by atoms with Gasteiger partial charge in [0.1, 0.15) is 5.75 Å². The number of likely N-dealkylation sites (tertiary alicyclic amines) is 1. The van der Waals surface area contributed by atoms with E-state index in [4.69, 9.17) is 4.74 Å². The van der Waals surface area contributed by atoms with E-state index in [0.29, 0.717) is 18.6 Å². The summed E-state index contributed by atoms with van der Waals surface area (Å²) in [6.07, 6.45) is 1.29. The zero-order valence-electron chi connectivity index (χ0n) is 12.8. The van der Waals surface area contributed by atoms with Crippen molar-refractivity contribution >= 4 is 22.2 Å². The van der Waals surface area contributed by atoms with Crippen molar-refractivity contribution in [2.75, 3.05) is 33.0 Å². The van der Waals surface area contributed by atoms with Gasteiger partial charge in [-0.3, -0.25) is 0 Å². The maximum Gasteiger partial charge on any atom is 0.159 e. The van der Waals surface area contributed by atoms with E-state index in [0.717, 1.165) is 18.7 Å². The Balaban J connectivity index is 0.00000220. The summed E-state index contributed by atoms with van der Waals surface area (Å²) in [7, 11) is 0.475. The molecule has 0 saturated carbocycles. The van der Waals surface area contributed by atoms with E-state index in [-0.39, 0.29) is 18.2 Å². The molecule has 1 aromatic carbocycles. The molecule has 1 fully saturated rings. The largest absolute Gasteiger partial charge is 0.497 e. The van der Waals surface area contributed by atoms with Crippen molar-refractivity contribution in [2.24, 2.45) is 0 Å². The highest BCUT2D eigenvalue weighted by atomic mass is 35.5. The van der Waals surface area contributed by atoms with Crippen LogP contribution in [0.2, 0.25) is 0 Å². The number of hydrogen-bond acceptors (Lipinski definition) is 4. The molecule has 1 aliphatic heterocycles. The monoisotopic (exact) mass is 333 g/mol. The molecule has 0 atom stereocenters. The minimum absolute atomic E-state index is 0. The number of nitrogens with zero attached hydrogens (tertiary/aromatic N) is 1. The molecule has 0 amide bonds. The van der Waals surface area contributed by atoms with Crippen molar-refractivity contribution in [1.82, 2.24) is 4.90 Å². The van der Waals surface area contributed by atoms with Gasteiger partial charge < -0.3 is 9.64 Å². The van der Waals surface area contributed by atoms with Gasteiger partial charge in [0.15, 0.2) is 9.84 Å². The second kappa shape index (κ2) is 6.99. The van der Waals surface area contributed by atoms with Crippen LogP contribution in [0.15, 0.2) is 24.3 Å². The smallest absolute Gasteiger partial charge is 0.159 e. The molecule has 0 unspecified atom stereocenters. The number of piperidine rings is 1. The van der Waals surface area contributed by atoms with E-state index < -0.39 is 14.6 Å². The Bertz CT molecular complexity index is 566. The van der Waals surface area contributed by atoms with Crippen molar-refractivity contribution in [1.29, 1.82) is 0 Å². The van der Waals surface area contributed by atoms with Gasteiger partial charge in [0, 0.05) is 5.75 Å². The molecule has 0 aromatic heterocycles. The van der Waals surface area contributed by atoms with Gasteiger partial charge in [-0.15, -0.1) is 12.4 Å². The second-order valence-corrected chi connectivity index (χ2v) is 8.02. The summed E-state index contributed by atoms with van der Waals surface area (Å²) in [5.74, 6) is 0.889. The minimum atomic E-state index is -3.17. The molecule has 0 bridgehead atoms. The van der Waals surface area contributed by atoms with Crippen molar-refractivity contribution < 1.29 is 13.2 Å². The highest BCUT2D eigenvalue weighted by molar-refractivity contribution is 7.92. The number of benzene rings is 1. The second-order valence-electron chi connectivity index (χ2n) is 5.43. The summed E-state index contributed by atoms with van der Waals surface area (Å²) in [6.45, 7) is 3.34. The van der Waals surface area contributed by atoms with Gasteiger partial charge in [-0.2, -0.15) is 0 Å². The molecule has 1 aromatic rings. The van der Waals surface area contributed by atoms with Crippen LogP contribution in [0.3, 0.4) is 0 Å². The lowest BCUT2D eigenvalue weighted by Gasteiger charge is -2.40. The summed E-state index contributed by atoms with van der Waals surface area (Å²) >= 11 is 0. The lowest BCUT2D eigenvalue weighted by atomic mass is 9.88. The minimum Gasteiger partial charge on any atom is -0.497 e. The highest BCUT2D eigenvalue weighted by Gasteiger charge is 2.45. The molecular weight excluding hydrogens is 310 g/mol. The van der Waals surface area contributed by atoms with Gasteiger partial charge in [0.25, 0.3) is 0 Å². The third-order valence-corrected chi connectivity index (χ3v) is 6.96. The highest BCUT2D eigenvalue weighted by Crippen LogP contribution is 2.41. The van der Waals surface area contributed by atoms with Crippen LogP contribution in [-0.4, -0.2) is 46.3 Å². The van der Waals surface area contributed by atoms with Crippen LogP contribution in [0.4, 0.5) is 0 Å². The molecule has 0 N–H and O–H groups in total. The lowest BCUT2D eigenvalue weighted by molar-refractivity contribution is 0.232. The third kappa shape index (κ3) is 3.35. The Kier molecular flexibility index (Phi) is 6.08. The van der Waals surface area contributed by atoms with Gasteiger partial charge in [-0.1, -0.05) is 19.1 Å². The van der Waals surface area contributed by atoms with Crippen LogP contribution in [0.25, 0.3) is 0 Å². The van der Waals surface area contributed by atoms with Gasteiger partial charge in [0.05, 0.1) is 11.9 Å². The summed E-state index contributed by atoms with van der Waals surface area (Å²) < 4.78 is 29.9. The standard InChI is InChI=1S/C15H23NO3S.ClH/c1-4-20(17,18)15(8-10-16(2)11-9-15)13-6-5-7-14(12-13)19-3;/h5-7,12H,4,8-11H2,1-3H3;1H. The van der Waals surface area contributed by atoms with E-state index in [9.17, 15) is 8.42 Å². The number of ether oxygens (including phenoxy) is 1. The first-order valence-electron chi connectivity index (χ1n) is 7.00. The molecule has 0 radical (unpaired) electrons. The average Bonchev–Trinajstić information content (AvgIpc) is 2.48. The summed E-state index contributed by atoms with van der Waals surface area (Å²) in [5, 5.41) is 0. The fourth-order valence-electron chi connectivity index (χ4n) is 2.94. The fraction of sp³-hybridized carbons (Fsp3) is 0.600. The van der Waals surface area contributed by atoms with Gasteiger partial charge in [0.2, 0.25) is 0 Å².